The zero-order valence-corrected chi connectivity index (χ0v) is 12.2. The topological polar surface area (TPSA) is 52.9 Å². The molecule has 1 aliphatic rings. The van der Waals surface area contributed by atoms with E-state index < -0.39 is 0 Å². The van der Waals surface area contributed by atoms with Crippen LogP contribution in [0.5, 0.6) is 11.5 Å². The molecule has 2 aromatic rings. The van der Waals surface area contributed by atoms with Crippen LogP contribution in [0, 0.1) is 0 Å². The molecule has 0 spiro atoms. The largest absolute Gasteiger partial charge is 0.508 e. The quantitative estimate of drug-likeness (QED) is 0.911. The Bertz CT molecular complexity index is 641. The molecule has 112 valence electrons. The maximum Gasteiger partial charge on any atom is 0.120 e. The van der Waals surface area contributed by atoms with Gasteiger partial charge in [-0.25, -0.2) is 0 Å². The Balaban J connectivity index is 1.97. The van der Waals surface area contributed by atoms with Gasteiger partial charge >= 0.3 is 0 Å². The number of aromatic hydroxyl groups is 1. The maximum absolute atomic E-state index is 10.2. The number of benzene rings is 2. The van der Waals surface area contributed by atoms with Gasteiger partial charge in [0.25, 0.3) is 0 Å². The highest BCUT2D eigenvalue weighted by molar-refractivity contribution is 5.88. The van der Waals surface area contributed by atoms with Crippen LogP contribution in [-0.2, 0) is 6.54 Å². The lowest BCUT2D eigenvalue weighted by Gasteiger charge is -2.30. The van der Waals surface area contributed by atoms with Crippen LogP contribution in [0.2, 0.25) is 0 Å². The van der Waals surface area contributed by atoms with E-state index in [1.807, 2.05) is 24.3 Å². The van der Waals surface area contributed by atoms with Gasteiger partial charge in [0.05, 0.1) is 13.2 Å². The van der Waals surface area contributed by atoms with Gasteiger partial charge in [-0.2, -0.15) is 0 Å². The fourth-order valence-corrected chi connectivity index (χ4v) is 3.04. The second kappa shape index (κ2) is 5.92. The summed E-state index contributed by atoms with van der Waals surface area (Å²) in [6.45, 7) is 2.27. The highest BCUT2D eigenvalue weighted by atomic mass is 16.5. The van der Waals surface area contributed by atoms with Gasteiger partial charge < -0.3 is 14.9 Å². The van der Waals surface area contributed by atoms with E-state index in [9.17, 15) is 10.2 Å². The van der Waals surface area contributed by atoms with Crippen LogP contribution in [0.15, 0.2) is 30.3 Å². The first-order valence-electron chi connectivity index (χ1n) is 7.36. The zero-order valence-electron chi connectivity index (χ0n) is 12.2. The Labute approximate surface area is 124 Å². The van der Waals surface area contributed by atoms with Crippen molar-refractivity contribution in [3.05, 3.63) is 35.9 Å². The van der Waals surface area contributed by atoms with E-state index >= 15 is 0 Å². The van der Waals surface area contributed by atoms with Gasteiger partial charge in [-0.15, -0.1) is 0 Å². The Hall–Kier alpha value is -1.78. The number of phenols is 1. The van der Waals surface area contributed by atoms with Crippen LogP contribution < -0.4 is 4.74 Å². The molecule has 4 heteroatoms. The van der Waals surface area contributed by atoms with Crippen molar-refractivity contribution in [2.45, 2.75) is 25.5 Å². The van der Waals surface area contributed by atoms with Crippen molar-refractivity contribution < 1.29 is 14.9 Å². The number of aliphatic hydroxyl groups is 1. The second-order valence-corrected chi connectivity index (χ2v) is 5.68. The van der Waals surface area contributed by atoms with Gasteiger partial charge in [0, 0.05) is 18.7 Å². The fourth-order valence-electron chi connectivity index (χ4n) is 3.04. The number of aliphatic hydroxyl groups excluding tert-OH is 1. The summed E-state index contributed by atoms with van der Waals surface area (Å²) in [5.74, 6) is 1.09. The number of hydrogen-bond donors (Lipinski definition) is 2. The summed E-state index contributed by atoms with van der Waals surface area (Å²) in [7, 11) is 1.64. The molecule has 2 N–H and O–H groups in total. The van der Waals surface area contributed by atoms with E-state index in [0.717, 1.165) is 41.5 Å². The number of β-amino-alcohol motifs (C(OH)–C–C–N with tert-alkyl or cyclic N) is 1. The van der Waals surface area contributed by atoms with Crippen LogP contribution >= 0.6 is 0 Å². The average Bonchev–Trinajstić information content (AvgIpc) is 2.50. The van der Waals surface area contributed by atoms with Crippen LogP contribution in [0.4, 0.5) is 0 Å². The van der Waals surface area contributed by atoms with Crippen molar-refractivity contribution in [1.29, 1.82) is 0 Å². The minimum Gasteiger partial charge on any atom is -0.508 e. The van der Waals surface area contributed by atoms with E-state index in [1.165, 1.54) is 0 Å². The molecule has 0 radical (unpaired) electrons. The molecule has 1 fully saturated rings. The number of hydrogen-bond acceptors (Lipinski definition) is 4. The molecule has 3 rings (SSSR count). The van der Waals surface area contributed by atoms with Crippen LogP contribution in [0.3, 0.4) is 0 Å². The third kappa shape index (κ3) is 2.96. The summed E-state index contributed by atoms with van der Waals surface area (Å²) in [6.07, 6.45) is 1.60. The minimum absolute atomic E-state index is 0.259. The highest BCUT2D eigenvalue weighted by Gasteiger charge is 2.19. The number of ether oxygens (including phenoxy) is 1. The summed E-state index contributed by atoms with van der Waals surface area (Å²) >= 11 is 0. The Kier molecular flexibility index (Phi) is 3.99. The fraction of sp³-hybridized carbons (Fsp3) is 0.412. The van der Waals surface area contributed by atoms with Gasteiger partial charge in [0.2, 0.25) is 0 Å². The smallest absolute Gasteiger partial charge is 0.120 e. The standard InChI is InChI=1S/C17H21NO3/c1-21-14-6-4-12-5-7-17(20)16(15(12)9-14)11-18-8-2-3-13(19)10-18/h4-7,9,13,19-20H,2-3,8,10-11H2,1H3. The summed E-state index contributed by atoms with van der Waals surface area (Å²) in [6, 6.07) is 9.55. The van der Waals surface area contributed by atoms with Crippen molar-refractivity contribution in [1.82, 2.24) is 4.90 Å². The summed E-state index contributed by atoms with van der Waals surface area (Å²) in [5.41, 5.74) is 0.903. The number of likely N-dealkylation sites (tertiary alicyclic amines) is 1. The lowest BCUT2D eigenvalue weighted by molar-refractivity contribution is 0.0666. The number of methoxy groups -OCH3 is 1. The second-order valence-electron chi connectivity index (χ2n) is 5.68. The molecule has 0 aromatic heterocycles. The predicted octanol–water partition coefficient (Wildman–Crippen LogP) is 2.51. The Morgan fingerprint density at radius 2 is 2.10 bits per heavy atom. The van der Waals surface area contributed by atoms with Crippen LogP contribution in [0.1, 0.15) is 18.4 Å². The van der Waals surface area contributed by atoms with Crippen molar-refractivity contribution in [2.75, 3.05) is 20.2 Å². The summed E-state index contributed by atoms with van der Waals surface area (Å²) in [5, 5.41) is 22.1. The lowest BCUT2D eigenvalue weighted by Crippen LogP contribution is -2.37. The number of fused-ring (bicyclic) bond motifs is 1. The third-order valence-electron chi connectivity index (χ3n) is 4.18. The monoisotopic (exact) mass is 287 g/mol. The minimum atomic E-state index is -0.259. The lowest BCUT2D eigenvalue weighted by atomic mass is 10.0. The third-order valence-corrected chi connectivity index (χ3v) is 4.18. The molecule has 0 aliphatic carbocycles. The van der Waals surface area contributed by atoms with Crippen LogP contribution in [-0.4, -0.2) is 41.4 Å². The number of rotatable bonds is 3. The molecule has 1 unspecified atom stereocenters. The van der Waals surface area contributed by atoms with Crippen molar-refractivity contribution in [3.8, 4) is 11.5 Å². The van der Waals surface area contributed by atoms with E-state index in [2.05, 4.69) is 4.90 Å². The summed E-state index contributed by atoms with van der Waals surface area (Å²) in [4.78, 5) is 2.20. The van der Waals surface area contributed by atoms with Crippen LogP contribution in [0.25, 0.3) is 10.8 Å². The maximum atomic E-state index is 10.2. The van der Waals surface area contributed by atoms with Crippen molar-refractivity contribution >= 4 is 10.8 Å². The zero-order chi connectivity index (χ0) is 14.8. The molecule has 21 heavy (non-hydrogen) atoms. The van der Waals surface area contributed by atoms with Gasteiger partial charge in [-0.3, -0.25) is 4.90 Å². The van der Waals surface area contributed by atoms with Gasteiger partial charge in [-0.1, -0.05) is 12.1 Å². The molecular weight excluding hydrogens is 266 g/mol. The van der Waals surface area contributed by atoms with Gasteiger partial charge in [-0.05, 0) is 48.4 Å². The SMILES string of the molecule is COc1ccc2ccc(O)c(CN3CCCC(O)C3)c2c1. The molecule has 2 aromatic carbocycles. The first-order chi connectivity index (χ1) is 10.2. The number of phenolic OH excluding ortho intramolecular Hbond substituents is 1. The van der Waals surface area contributed by atoms with E-state index in [-0.39, 0.29) is 6.10 Å². The first kappa shape index (κ1) is 14.2. The van der Waals surface area contributed by atoms with E-state index in [1.54, 1.807) is 13.2 Å². The first-order valence-corrected chi connectivity index (χ1v) is 7.36. The van der Waals surface area contributed by atoms with Crippen molar-refractivity contribution in [2.24, 2.45) is 0 Å². The molecule has 0 bridgehead atoms. The highest BCUT2D eigenvalue weighted by Crippen LogP contribution is 2.31. The molecule has 4 nitrogen and oxygen atoms in total. The van der Waals surface area contributed by atoms with Gasteiger partial charge in [0.15, 0.2) is 0 Å². The molecule has 0 saturated carbocycles. The summed E-state index contributed by atoms with van der Waals surface area (Å²) < 4.78 is 5.29. The van der Waals surface area contributed by atoms with Gasteiger partial charge in [0.1, 0.15) is 11.5 Å². The molecular formula is C17H21NO3. The van der Waals surface area contributed by atoms with E-state index in [0.29, 0.717) is 18.8 Å². The number of nitrogens with zero attached hydrogens (tertiary/aromatic N) is 1. The average molecular weight is 287 g/mol. The molecule has 1 saturated heterocycles. The Morgan fingerprint density at radius 3 is 2.86 bits per heavy atom. The Morgan fingerprint density at radius 1 is 1.29 bits per heavy atom. The van der Waals surface area contributed by atoms with Crippen molar-refractivity contribution in [3.63, 3.8) is 0 Å². The predicted molar refractivity (Wildman–Crippen MR) is 82.7 cm³/mol. The normalized spacial score (nSPS) is 19.8. The van der Waals surface area contributed by atoms with E-state index in [4.69, 9.17) is 4.74 Å². The molecule has 0 amide bonds. The molecule has 1 heterocycles. The molecule has 1 aliphatic heterocycles. The molecule has 1 atom stereocenters. The number of piperidine rings is 1.